The van der Waals surface area contributed by atoms with E-state index in [1.54, 1.807) is 0 Å². The largest absolute Gasteiger partial charge is 0.503 e. The second kappa shape index (κ2) is 7.50. The van der Waals surface area contributed by atoms with E-state index in [2.05, 4.69) is 4.74 Å². The van der Waals surface area contributed by atoms with Crippen molar-refractivity contribution < 1.29 is 19.1 Å². The number of methoxy groups -OCH3 is 1. The Morgan fingerprint density at radius 3 is 2.50 bits per heavy atom. The lowest BCUT2D eigenvalue weighted by Crippen LogP contribution is -2.17. The van der Waals surface area contributed by atoms with E-state index in [1.165, 1.54) is 7.11 Å². The zero-order chi connectivity index (χ0) is 13.4. The molecule has 18 heavy (non-hydrogen) atoms. The Bertz CT molecular complexity index is 440. The van der Waals surface area contributed by atoms with Crippen molar-refractivity contribution >= 4 is 23.4 Å². The summed E-state index contributed by atoms with van der Waals surface area (Å²) in [6.07, 6.45) is 1.04. The molecule has 1 aromatic rings. The number of ether oxygens (including phenoxy) is 2. The van der Waals surface area contributed by atoms with Crippen molar-refractivity contribution in [2.45, 2.75) is 6.61 Å². The normalized spacial score (nSPS) is 10.9. The monoisotopic (exact) mass is 268 g/mol. The molecule has 0 bridgehead atoms. The average Bonchev–Trinajstić information content (AvgIpc) is 2.42. The number of ketones is 1. The van der Waals surface area contributed by atoms with Gasteiger partial charge in [0.1, 0.15) is 18.4 Å². The van der Waals surface area contributed by atoms with Gasteiger partial charge in [0.2, 0.25) is 0 Å². The Kier molecular flexibility index (Phi) is 5.94. The Morgan fingerprint density at radius 2 is 1.94 bits per heavy atom. The zero-order valence-electron chi connectivity index (χ0n) is 9.89. The summed E-state index contributed by atoms with van der Waals surface area (Å²) in [5.41, 5.74) is 0.643. The second-order valence-electron chi connectivity index (χ2n) is 3.39. The minimum atomic E-state index is -0.744. The van der Waals surface area contributed by atoms with E-state index in [-0.39, 0.29) is 18.1 Å². The van der Waals surface area contributed by atoms with Gasteiger partial charge in [-0.2, -0.15) is 0 Å². The third-order valence-corrected chi connectivity index (χ3v) is 2.33. The molecule has 4 nitrogen and oxygen atoms in total. The molecular weight excluding hydrogens is 256 g/mol. The highest BCUT2D eigenvalue weighted by atomic mass is 35.5. The van der Waals surface area contributed by atoms with E-state index in [0.717, 1.165) is 11.8 Å². The summed E-state index contributed by atoms with van der Waals surface area (Å²) >= 11 is 5.39. The SMILES string of the molecule is COC=C(C(=O)CCl)C(=O)OCc1ccccc1. The highest BCUT2D eigenvalue weighted by Gasteiger charge is 2.19. The summed E-state index contributed by atoms with van der Waals surface area (Å²) in [5, 5.41) is 0. The number of esters is 1. The zero-order valence-corrected chi connectivity index (χ0v) is 10.6. The fourth-order valence-corrected chi connectivity index (χ4v) is 1.36. The molecule has 0 N–H and O–H groups in total. The summed E-state index contributed by atoms with van der Waals surface area (Å²) in [6.45, 7) is 0.0935. The second-order valence-corrected chi connectivity index (χ2v) is 3.65. The number of halogens is 1. The number of benzene rings is 1. The first-order valence-electron chi connectivity index (χ1n) is 5.22. The molecule has 96 valence electrons. The van der Waals surface area contributed by atoms with Crippen LogP contribution in [0.25, 0.3) is 0 Å². The summed E-state index contributed by atoms with van der Waals surface area (Å²) in [5.74, 6) is -1.57. The van der Waals surface area contributed by atoms with Gasteiger partial charge in [0, 0.05) is 0 Å². The van der Waals surface area contributed by atoms with Crippen LogP contribution in [-0.2, 0) is 25.7 Å². The first-order chi connectivity index (χ1) is 8.69. The van der Waals surface area contributed by atoms with Gasteiger partial charge in [0.05, 0.1) is 13.0 Å². The van der Waals surface area contributed by atoms with E-state index in [9.17, 15) is 9.59 Å². The van der Waals surface area contributed by atoms with Gasteiger partial charge in [-0.15, -0.1) is 11.6 Å². The molecule has 0 aliphatic carbocycles. The van der Waals surface area contributed by atoms with Crippen LogP contribution in [0.4, 0.5) is 0 Å². The van der Waals surface area contributed by atoms with Gasteiger partial charge in [-0.1, -0.05) is 30.3 Å². The van der Waals surface area contributed by atoms with E-state index < -0.39 is 11.8 Å². The number of hydrogen-bond donors (Lipinski definition) is 0. The highest BCUT2D eigenvalue weighted by molar-refractivity contribution is 6.34. The van der Waals surface area contributed by atoms with E-state index in [0.29, 0.717) is 0 Å². The van der Waals surface area contributed by atoms with Gasteiger partial charge < -0.3 is 9.47 Å². The van der Waals surface area contributed by atoms with Gasteiger partial charge in [-0.05, 0) is 5.56 Å². The van der Waals surface area contributed by atoms with E-state index in [4.69, 9.17) is 16.3 Å². The maximum absolute atomic E-state index is 11.7. The van der Waals surface area contributed by atoms with Gasteiger partial charge >= 0.3 is 5.97 Å². The van der Waals surface area contributed by atoms with Gasteiger partial charge in [0.15, 0.2) is 5.78 Å². The minimum absolute atomic E-state index is 0.0935. The van der Waals surface area contributed by atoms with Crippen LogP contribution in [0.2, 0.25) is 0 Å². The quantitative estimate of drug-likeness (QED) is 0.198. The van der Waals surface area contributed by atoms with Crippen molar-refractivity contribution in [3.8, 4) is 0 Å². The van der Waals surface area contributed by atoms with Crippen molar-refractivity contribution in [3.63, 3.8) is 0 Å². The molecule has 0 heterocycles. The van der Waals surface area contributed by atoms with Gasteiger partial charge in [-0.25, -0.2) is 4.79 Å². The lowest BCUT2D eigenvalue weighted by Gasteiger charge is -2.06. The molecule has 0 saturated carbocycles. The highest BCUT2D eigenvalue weighted by Crippen LogP contribution is 2.06. The molecule has 1 aromatic carbocycles. The van der Waals surface area contributed by atoms with Crippen molar-refractivity contribution in [2.24, 2.45) is 0 Å². The standard InChI is InChI=1S/C13H13ClO4/c1-17-9-11(12(15)7-14)13(16)18-8-10-5-3-2-4-6-10/h2-6,9H,7-8H2,1H3. The molecule has 0 unspecified atom stereocenters. The number of Topliss-reactive ketones (excluding diaryl/α,β-unsaturated/α-hetero) is 1. The van der Waals surface area contributed by atoms with Crippen LogP contribution in [0.5, 0.6) is 0 Å². The van der Waals surface area contributed by atoms with E-state index in [1.807, 2.05) is 30.3 Å². The molecule has 0 fully saturated rings. The molecule has 0 aliphatic rings. The fraction of sp³-hybridized carbons (Fsp3) is 0.231. The number of rotatable bonds is 6. The molecular formula is C13H13ClO4. The van der Waals surface area contributed by atoms with Crippen molar-refractivity contribution in [1.82, 2.24) is 0 Å². The molecule has 0 saturated heterocycles. The Balaban J connectivity index is 2.63. The summed E-state index contributed by atoms with van der Waals surface area (Å²) in [4.78, 5) is 23.0. The minimum Gasteiger partial charge on any atom is -0.503 e. The molecule has 0 spiro atoms. The molecule has 0 atom stereocenters. The molecule has 0 radical (unpaired) electrons. The number of hydrogen-bond acceptors (Lipinski definition) is 4. The molecule has 0 aromatic heterocycles. The van der Waals surface area contributed by atoms with Crippen molar-refractivity contribution in [2.75, 3.05) is 13.0 Å². The number of alkyl halides is 1. The van der Waals surface area contributed by atoms with Crippen LogP contribution in [0.1, 0.15) is 5.56 Å². The Morgan fingerprint density at radius 1 is 1.28 bits per heavy atom. The van der Waals surface area contributed by atoms with E-state index >= 15 is 0 Å². The van der Waals surface area contributed by atoms with Crippen LogP contribution >= 0.6 is 11.6 Å². The smallest absolute Gasteiger partial charge is 0.345 e. The first-order valence-corrected chi connectivity index (χ1v) is 5.75. The maximum Gasteiger partial charge on any atom is 0.345 e. The van der Waals surface area contributed by atoms with Crippen LogP contribution in [-0.4, -0.2) is 24.7 Å². The van der Waals surface area contributed by atoms with Crippen molar-refractivity contribution in [3.05, 3.63) is 47.7 Å². The summed E-state index contributed by atoms with van der Waals surface area (Å²) < 4.78 is 9.66. The first kappa shape index (κ1) is 14.3. The molecule has 5 heteroatoms. The Labute approximate surface area is 110 Å². The fourth-order valence-electron chi connectivity index (χ4n) is 1.22. The number of carbonyl (C=O) groups is 2. The summed E-state index contributed by atoms with van der Waals surface area (Å²) in [6, 6.07) is 9.16. The molecule has 0 aliphatic heterocycles. The molecule has 1 rings (SSSR count). The topological polar surface area (TPSA) is 52.6 Å². The van der Waals surface area contributed by atoms with Crippen LogP contribution in [0.15, 0.2) is 42.2 Å². The Hall–Kier alpha value is -1.81. The van der Waals surface area contributed by atoms with Gasteiger partial charge in [0.25, 0.3) is 0 Å². The number of carbonyl (C=O) groups excluding carboxylic acids is 2. The summed E-state index contributed by atoms with van der Waals surface area (Å²) in [7, 11) is 1.34. The van der Waals surface area contributed by atoms with Crippen LogP contribution in [0, 0.1) is 0 Å². The predicted molar refractivity (Wildman–Crippen MR) is 67.1 cm³/mol. The predicted octanol–water partition coefficient (Wildman–Crippen LogP) is 2.07. The average molecular weight is 269 g/mol. The maximum atomic E-state index is 11.7. The van der Waals surface area contributed by atoms with Crippen LogP contribution in [0.3, 0.4) is 0 Å². The lowest BCUT2D eigenvalue weighted by molar-refractivity contribution is -0.141. The van der Waals surface area contributed by atoms with Crippen molar-refractivity contribution in [1.29, 1.82) is 0 Å². The third-order valence-electron chi connectivity index (χ3n) is 2.09. The van der Waals surface area contributed by atoms with Crippen LogP contribution < -0.4 is 0 Å². The van der Waals surface area contributed by atoms with Gasteiger partial charge in [-0.3, -0.25) is 4.79 Å². The lowest BCUT2D eigenvalue weighted by atomic mass is 10.2. The molecule has 0 amide bonds. The third kappa shape index (κ3) is 4.22.